The van der Waals surface area contributed by atoms with Crippen molar-refractivity contribution < 1.29 is 19.0 Å². The normalized spacial score (nSPS) is 17.3. The van der Waals surface area contributed by atoms with E-state index in [1.54, 1.807) is 7.05 Å². The maximum atomic E-state index is 11.9. The van der Waals surface area contributed by atoms with Crippen LogP contribution in [0.2, 0.25) is 0 Å². The molecule has 0 saturated heterocycles. The van der Waals surface area contributed by atoms with Gasteiger partial charge in [-0.25, -0.2) is 0 Å². The van der Waals surface area contributed by atoms with Gasteiger partial charge in [0.15, 0.2) is 17.5 Å². The lowest BCUT2D eigenvalue weighted by Gasteiger charge is -2.26. The molecular formula is C21H24N4O4. The molecule has 1 amide bonds. The van der Waals surface area contributed by atoms with Gasteiger partial charge >= 0.3 is 0 Å². The third kappa shape index (κ3) is 4.53. The minimum Gasteiger partial charge on any atom is -0.492 e. The summed E-state index contributed by atoms with van der Waals surface area (Å²) < 4.78 is 16.4. The van der Waals surface area contributed by atoms with Crippen LogP contribution in [0.25, 0.3) is 0 Å². The zero-order valence-corrected chi connectivity index (χ0v) is 16.2. The van der Waals surface area contributed by atoms with Gasteiger partial charge in [0, 0.05) is 37.7 Å². The number of hydrogen-bond donors (Lipinski definition) is 3. The van der Waals surface area contributed by atoms with E-state index >= 15 is 0 Å². The third-order valence-electron chi connectivity index (χ3n) is 4.85. The van der Waals surface area contributed by atoms with Crippen molar-refractivity contribution >= 4 is 17.6 Å². The largest absolute Gasteiger partial charge is 0.492 e. The Morgan fingerprint density at radius 3 is 2.97 bits per heavy atom. The second kappa shape index (κ2) is 8.72. The number of para-hydroxylation sites is 1. The minimum atomic E-state index is 0.0376. The highest BCUT2D eigenvalue weighted by molar-refractivity contribution is 5.94. The fraction of sp³-hybridized carbons (Fsp3) is 0.333. The zero-order valence-electron chi connectivity index (χ0n) is 16.2. The first-order chi connectivity index (χ1) is 14.2. The van der Waals surface area contributed by atoms with Gasteiger partial charge in [-0.1, -0.05) is 18.2 Å². The summed E-state index contributed by atoms with van der Waals surface area (Å²) in [5, 5.41) is 9.44. The van der Waals surface area contributed by atoms with Crippen molar-refractivity contribution in [2.45, 2.75) is 12.3 Å². The number of fused-ring (bicyclic) bond motifs is 2. The van der Waals surface area contributed by atoms with E-state index in [0.717, 1.165) is 22.7 Å². The summed E-state index contributed by atoms with van der Waals surface area (Å²) in [7, 11) is 1.72. The van der Waals surface area contributed by atoms with Crippen LogP contribution < -0.4 is 30.2 Å². The molecule has 2 aromatic rings. The zero-order chi connectivity index (χ0) is 20.1. The van der Waals surface area contributed by atoms with E-state index in [0.29, 0.717) is 37.8 Å². The van der Waals surface area contributed by atoms with E-state index < -0.39 is 0 Å². The van der Waals surface area contributed by atoms with Gasteiger partial charge in [-0.05, 0) is 23.8 Å². The number of anilines is 1. The maximum Gasteiger partial charge on any atom is 0.231 e. The number of aliphatic imine (C=N–C) groups is 1. The summed E-state index contributed by atoms with van der Waals surface area (Å²) in [6.07, 6.45) is 0.453. The van der Waals surface area contributed by atoms with Crippen molar-refractivity contribution in [2.75, 3.05) is 38.9 Å². The van der Waals surface area contributed by atoms with Crippen LogP contribution in [0.1, 0.15) is 17.9 Å². The molecule has 2 heterocycles. The molecule has 152 valence electrons. The molecule has 1 unspecified atom stereocenters. The molecule has 0 fully saturated rings. The van der Waals surface area contributed by atoms with Crippen LogP contribution in [0.4, 0.5) is 5.69 Å². The second-order valence-corrected chi connectivity index (χ2v) is 6.78. The monoisotopic (exact) mass is 396 g/mol. The smallest absolute Gasteiger partial charge is 0.231 e. The Morgan fingerprint density at radius 2 is 2.07 bits per heavy atom. The van der Waals surface area contributed by atoms with Crippen molar-refractivity contribution in [3.05, 3.63) is 48.0 Å². The minimum absolute atomic E-state index is 0.0376. The van der Waals surface area contributed by atoms with Gasteiger partial charge in [0.05, 0.1) is 6.54 Å². The Morgan fingerprint density at radius 1 is 1.21 bits per heavy atom. The number of benzene rings is 2. The number of carbonyl (C=O) groups is 1. The van der Waals surface area contributed by atoms with Crippen molar-refractivity contribution in [1.82, 2.24) is 10.6 Å². The summed E-state index contributed by atoms with van der Waals surface area (Å²) in [5.41, 5.74) is 2.02. The molecule has 4 rings (SSSR count). The highest BCUT2D eigenvalue weighted by Gasteiger charge is 2.24. The Kier molecular flexibility index (Phi) is 5.69. The number of hydrogen-bond acceptors (Lipinski definition) is 5. The second-order valence-electron chi connectivity index (χ2n) is 6.78. The Bertz CT molecular complexity index is 915. The van der Waals surface area contributed by atoms with Crippen molar-refractivity contribution in [3.8, 4) is 17.2 Å². The molecule has 0 aliphatic carbocycles. The van der Waals surface area contributed by atoms with Crippen LogP contribution >= 0.6 is 0 Å². The van der Waals surface area contributed by atoms with Crippen LogP contribution in [0.15, 0.2) is 47.5 Å². The SMILES string of the molecule is CN=C(NCCOc1ccc2c(c1)OCO2)NCC1CC(=O)Nc2ccccc21. The molecule has 1 atom stereocenters. The van der Waals surface area contributed by atoms with Crippen molar-refractivity contribution in [2.24, 2.45) is 4.99 Å². The van der Waals surface area contributed by atoms with Gasteiger partial charge < -0.3 is 30.2 Å². The molecular weight excluding hydrogens is 372 g/mol. The molecule has 3 N–H and O–H groups in total. The van der Waals surface area contributed by atoms with Gasteiger partial charge in [-0.15, -0.1) is 0 Å². The highest BCUT2D eigenvalue weighted by Crippen LogP contribution is 2.35. The number of ether oxygens (including phenoxy) is 3. The molecule has 8 heteroatoms. The van der Waals surface area contributed by atoms with Crippen LogP contribution in [-0.2, 0) is 4.79 Å². The standard InChI is InChI=1S/C21H24N4O4/c1-22-21(23-8-9-27-15-6-7-18-19(11-15)29-13-28-18)24-12-14-10-20(26)25-17-5-3-2-4-16(14)17/h2-7,11,14H,8-10,12-13H2,1H3,(H,25,26)(H2,22,23,24). The first-order valence-electron chi connectivity index (χ1n) is 9.58. The molecule has 0 spiro atoms. The molecule has 2 aromatic carbocycles. The average Bonchev–Trinajstić information content (AvgIpc) is 3.21. The number of nitrogens with one attached hydrogen (secondary N) is 3. The summed E-state index contributed by atoms with van der Waals surface area (Å²) >= 11 is 0. The maximum absolute atomic E-state index is 11.9. The summed E-state index contributed by atoms with van der Waals surface area (Å²) in [6, 6.07) is 13.4. The van der Waals surface area contributed by atoms with Crippen molar-refractivity contribution in [1.29, 1.82) is 0 Å². The van der Waals surface area contributed by atoms with E-state index in [-0.39, 0.29) is 18.6 Å². The molecule has 0 bridgehead atoms. The average molecular weight is 396 g/mol. The molecule has 0 saturated carbocycles. The van der Waals surface area contributed by atoms with Gasteiger partial charge in [0.1, 0.15) is 12.4 Å². The first kappa shape index (κ1) is 18.9. The lowest BCUT2D eigenvalue weighted by molar-refractivity contribution is -0.116. The van der Waals surface area contributed by atoms with Gasteiger partial charge in [0.2, 0.25) is 12.7 Å². The highest BCUT2D eigenvalue weighted by atomic mass is 16.7. The summed E-state index contributed by atoms with van der Waals surface area (Å²) in [6.45, 7) is 1.91. The fourth-order valence-electron chi connectivity index (χ4n) is 3.43. The van der Waals surface area contributed by atoms with Gasteiger partial charge in [-0.2, -0.15) is 0 Å². The topological polar surface area (TPSA) is 93.2 Å². The number of carbonyl (C=O) groups excluding carboxylic acids is 1. The van der Waals surface area contributed by atoms with Gasteiger partial charge in [-0.3, -0.25) is 9.79 Å². The summed E-state index contributed by atoms with van der Waals surface area (Å²) in [5.74, 6) is 2.97. The predicted molar refractivity (Wildman–Crippen MR) is 110 cm³/mol. The molecule has 2 aliphatic rings. The number of rotatable bonds is 6. The first-order valence-corrected chi connectivity index (χ1v) is 9.58. The Hall–Kier alpha value is -3.42. The Labute approximate surface area is 169 Å². The van der Waals surface area contributed by atoms with Crippen molar-refractivity contribution in [3.63, 3.8) is 0 Å². The Balaban J connectivity index is 1.24. The van der Waals surface area contributed by atoms with E-state index in [1.165, 1.54) is 0 Å². The molecule has 29 heavy (non-hydrogen) atoms. The van der Waals surface area contributed by atoms with E-state index in [4.69, 9.17) is 14.2 Å². The lowest BCUT2D eigenvalue weighted by Crippen LogP contribution is -2.42. The lowest BCUT2D eigenvalue weighted by atomic mass is 9.90. The number of nitrogens with zero attached hydrogens (tertiary/aromatic N) is 1. The molecule has 0 aromatic heterocycles. The molecule has 8 nitrogen and oxygen atoms in total. The van der Waals surface area contributed by atoms with E-state index in [2.05, 4.69) is 27.0 Å². The quantitative estimate of drug-likeness (QED) is 0.393. The van der Waals surface area contributed by atoms with Gasteiger partial charge in [0.25, 0.3) is 0 Å². The molecule has 0 radical (unpaired) electrons. The molecule has 2 aliphatic heterocycles. The number of amides is 1. The fourth-order valence-corrected chi connectivity index (χ4v) is 3.43. The summed E-state index contributed by atoms with van der Waals surface area (Å²) in [4.78, 5) is 16.2. The van der Waals surface area contributed by atoms with Crippen LogP contribution in [0, 0.1) is 0 Å². The van der Waals surface area contributed by atoms with E-state index in [9.17, 15) is 4.79 Å². The predicted octanol–water partition coefficient (Wildman–Crippen LogP) is 2.09. The van der Waals surface area contributed by atoms with E-state index in [1.807, 2.05) is 36.4 Å². The number of guanidine groups is 1. The third-order valence-corrected chi connectivity index (χ3v) is 4.85. The van der Waals surface area contributed by atoms with Crippen LogP contribution in [0.5, 0.6) is 17.2 Å². The van der Waals surface area contributed by atoms with Crippen LogP contribution in [-0.4, -0.2) is 45.4 Å². The van der Waals surface area contributed by atoms with Crippen LogP contribution in [0.3, 0.4) is 0 Å².